The van der Waals surface area contributed by atoms with Gasteiger partial charge in [0.15, 0.2) is 0 Å². The molecule has 1 fully saturated rings. The first-order valence-corrected chi connectivity index (χ1v) is 8.75. The van der Waals surface area contributed by atoms with E-state index < -0.39 is 5.79 Å². The predicted molar refractivity (Wildman–Crippen MR) is 90.6 cm³/mol. The van der Waals surface area contributed by atoms with Crippen LogP contribution < -0.4 is 0 Å². The third-order valence-corrected chi connectivity index (χ3v) is 4.98. The van der Waals surface area contributed by atoms with E-state index >= 15 is 0 Å². The first-order valence-electron chi connectivity index (χ1n) is 6.83. The zero-order valence-electron chi connectivity index (χ0n) is 11.7. The highest BCUT2D eigenvalue weighted by molar-refractivity contribution is 9.10. The number of alkyl halides is 1. The van der Waals surface area contributed by atoms with E-state index in [1.165, 1.54) is 5.56 Å². The molecule has 1 aliphatic rings. The number of hydrogen-bond donors (Lipinski definition) is 0. The fourth-order valence-electron chi connectivity index (χ4n) is 2.46. The van der Waals surface area contributed by atoms with Crippen LogP contribution in [0.5, 0.6) is 0 Å². The smallest absolute Gasteiger partial charge is 0.205 e. The van der Waals surface area contributed by atoms with Crippen molar-refractivity contribution in [3.63, 3.8) is 0 Å². The quantitative estimate of drug-likeness (QED) is 0.654. The minimum absolute atomic E-state index is 0.0445. The molecule has 0 aliphatic carbocycles. The highest BCUT2D eigenvalue weighted by atomic mass is 79.9. The second-order valence-electron chi connectivity index (χ2n) is 5.22. The van der Waals surface area contributed by atoms with E-state index in [1.807, 2.05) is 12.1 Å². The zero-order chi connectivity index (χ0) is 14.9. The van der Waals surface area contributed by atoms with E-state index in [2.05, 4.69) is 75.2 Å². The molecule has 0 saturated carbocycles. The van der Waals surface area contributed by atoms with Crippen molar-refractivity contribution in [1.82, 2.24) is 0 Å². The van der Waals surface area contributed by atoms with Gasteiger partial charge < -0.3 is 9.47 Å². The molecule has 0 spiro atoms. The third-order valence-electron chi connectivity index (χ3n) is 3.71. The van der Waals surface area contributed by atoms with Crippen LogP contribution in [0.25, 0.3) is 0 Å². The summed E-state index contributed by atoms with van der Waals surface area (Å²) in [7, 11) is 0. The minimum Gasteiger partial charge on any atom is -0.342 e. The lowest BCUT2D eigenvalue weighted by molar-refractivity contribution is -0.157. The normalized spacial score (nSPS) is 25.2. The fourth-order valence-corrected chi connectivity index (χ4v) is 3.34. The summed E-state index contributed by atoms with van der Waals surface area (Å²) in [5, 5.41) is 0.607. The summed E-state index contributed by atoms with van der Waals surface area (Å²) in [6.07, 6.45) is -0.0445. The third kappa shape index (κ3) is 3.09. The molecule has 21 heavy (non-hydrogen) atoms. The highest BCUT2D eigenvalue weighted by Crippen LogP contribution is 2.41. The summed E-state index contributed by atoms with van der Waals surface area (Å²) in [6.45, 7) is 2.63. The number of rotatable bonds is 3. The van der Waals surface area contributed by atoms with Gasteiger partial charge in [0.25, 0.3) is 0 Å². The molecule has 0 unspecified atom stereocenters. The van der Waals surface area contributed by atoms with Crippen LogP contribution in [0.4, 0.5) is 0 Å². The van der Waals surface area contributed by atoms with Crippen molar-refractivity contribution in [3.8, 4) is 0 Å². The standard InChI is InChI=1S/C17H16Br2O2/c1-12-2-6-14(7-3-12)17(11-18)20-10-16(21-17)13-4-8-15(19)9-5-13/h2-9,16H,10-11H2,1H3/t16-,17+/m0/s1. The number of hydrogen-bond acceptors (Lipinski definition) is 2. The van der Waals surface area contributed by atoms with Crippen molar-refractivity contribution < 1.29 is 9.47 Å². The summed E-state index contributed by atoms with van der Waals surface area (Å²) in [5.74, 6) is -0.703. The number of aryl methyl sites for hydroxylation is 1. The summed E-state index contributed by atoms with van der Waals surface area (Å²) in [6, 6.07) is 16.5. The Morgan fingerprint density at radius 1 is 1.10 bits per heavy atom. The summed E-state index contributed by atoms with van der Waals surface area (Å²) in [4.78, 5) is 0. The summed E-state index contributed by atoms with van der Waals surface area (Å²) < 4.78 is 13.4. The summed E-state index contributed by atoms with van der Waals surface area (Å²) in [5.41, 5.74) is 3.41. The number of benzene rings is 2. The molecule has 1 heterocycles. The second kappa shape index (κ2) is 6.21. The van der Waals surface area contributed by atoms with E-state index in [0.717, 1.165) is 15.6 Å². The van der Waals surface area contributed by atoms with Crippen molar-refractivity contribution in [2.45, 2.75) is 18.8 Å². The Morgan fingerprint density at radius 3 is 2.38 bits per heavy atom. The molecule has 2 aromatic rings. The molecule has 2 nitrogen and oxygen atoms in total. The van der Waals surface area contributed by atoms with E-state index in [9.17, 15) is 0 Å². The Hall–Kier alpha value is -0.680. The van der Waals surface area contributed by atoms with E-state index in [1.54, 1.807) is 0 Å². The Morgan fingerprint density at radius 2 is 1.76 bits per heavy atom. The molecule has 1 aliphatic heterocycles. The number of halogens is 2. The maximum Gasteiger partial charge on any atom is 0.205 e. The van der Waals surface area contributed by atoms with Gasteiger partial charge in [-0.25, -0.2) is 0 Å². The van der Waals surface area contributed by atoms with Gasteiger partial charge >= 0.3 is 0 Å². The molecule has 0 N–H and O–H groups in total. The molecule has 3 rings (SSSR count). The lowest BCUT2D eigenvalue weighted by Crippen LogP contribution is -2.29. The molecule has 0 aromatic heterocycles. The average Bonchev–Trinajstić information content (AvgIpc) is 2.94. The minimum atomic E-state index is -0.703. The van der Waals surface area contributed by atoms with Crippen LogP contribution in [-0.4, -0.2) is 11.9 Å². The van der Waals surface area contributed by atoms with Crippen LogP contribution >= 0.6 is 31.9 Å². The van der Waals surface area contributed by atoms with Gasteiger partial charge in [0.2, 0.25) is 5.79 Å². The molecule has 1 saturated heterocycles. The lowest BCUT2D eigenvalue weighted by Gasteiger charge is -2.26. The van der Waals surface area contributed by atoms with Crippen molar-refractivity contribution in [2.24, 2.45) is 0 Å². The topological polar surface area (TPSA) is 18.5 Å². The molecule has 2 atom stereocenters. The van der Waals surface area contributed by atoms with Crippen molar-refractivity contribution >= 4 is 31.9 Å². The SMILES string of the molecule is Cc1ccc([C@]2(CBr)OC[C@@H](c3ccc(Br)cc3)O2)cc1. The Bertz CT molecular complexity index is 610. The van der Waals surface area contributed by atoms with Crippen molar-refractivity contribution in [1.29, 1.82) is 0 Å². The molecule has 110 valence electrons. The Labute approximate surface area is 141 Å². The second-order valence-corrected chi connectivity index (χ2v) is 6.70. The summed E-state index contributed by atoms with van der Waals surface area (Å²) >= 11 is 7.00. The van der Waals surface area contributed by atoms with Gasteiger partial charge in [-0.1, -0.05) is 73.8 Å². The predicted octanol–water partition coefficient (Wildman–Crippen LogP) is 5.09. The van der Waals surface area contributed by atoms with Gasteiger partial charge in [0.1, 0.15) is 6.10 Å². The van der Waals surface area contributed by atoms with Crippen molar-refractivity contribution in [2.75, 3.05) is 11.9 Å². The monoisotopic (exact) mass is 410 g/mol. The van der Waals surface area contributed by atoms with Gasteiger partial charge in [-0.2, -0.15) is 0 Å². The van der Waals surface area contributed by atoms with Gasteiger partial charge in [0, 0.05) is 10.0 Å². The zero-order valence-corrected chi connectivity index (χ0v) is 14.9. The molecule has 0 amide bonds. The maximum atomic E-state index is 6.27. The van der Waals surface area contributed by atoms with Gasteiger partial charge in [-0.3, -0.25) is 0 Å². The first kappa shape index (κ1) is 15.2. The van der Waals surface area contributed by atoms with Gasteiger partial charge in [-0.15, -0.1) is 0 Å². The molecular weight excluding hydrogens is 396 g/mol. The molecule has 2 aromatic carbocycles. The molecule has 0 bridgehead atoms. The Kier molecular flexibility index (Phi) is 4.50. The molecular formula is C17H16Br2O2. The van der Waals surface area contributed by atoms with Crippen LogP contribution in [-0.2, 0) is 15.3 Å². The van der Waals surface area contributed by atoms with Gasteiger partial charge in [-0.05, 0) is 24.6 Å². The molecule has 0 radical (unpaired) electrons. The highest BCUT2D eigenvalue weighted by Gasteiger charge is 2.42. The van der Waals surface area contributed by atoms with Crippen LogP contribution in [0, 0.1) is 6.92 Å². The average molecular weight is 412 g/mol. The van der Waals surface area contributed by atoms with Crippen LogP contribution in [0.3, 0.4) is 0 Å². The van der Waals surface area contributed by atoms with E-state index in [0.29, 0.717) is 11.9 Å². The van der Waals surface area contributed by atoms with Gasteiger partial charge in [0.05, 0.1) is 11.9 Å². The Balaban J connectivity index is 1.85. The fraction of sp³-hybridized carbons (Fsp3) is 0.294. The van der Waals surface area contributed by atoms with Crippen LogP contribution in [0.15, 0.2) is 53.0 Å². The van der Waals surface area contributed by atoms with E-state index in [-0.39, 0.29) is 6.10 Å². The maximum absolute atomic E-state index is 6.27. The van der Waals surface area contributed by atoms with E-state index in [4.69, 9.17) is 9.47 Å². The first-order chi connectivity index (χ1) is 10.1. The van der Waals surface area contributed by atoms with Crippen LogP contribution in [0.2, 0.25) is 0 Å². The molecule has 4 heteroatoms. The largest absolute Gasteiger partial charge is 0.342 e. The van der Waals surface area contributed by atoms with Crippen molar-refractivity contribution in [3.05, 3.63) is 69.7 Å². The van der Waals surface area contributed by atoms with Crippen LogP contribution in [0.1, 0.15) is 22.8 Å². The number of ether oxygens (including phenoxy) is 2. The lowest BCUT2D eigenvalue weighted by atomic mass is 10.1.